The van der Waals surface area contributed by atoms with E-state index >= 15 is 0 Å². The van der Waals surface area contributed by atoms with Gasteiger partial charge in [0.25, 0.3) is 0 Å². The number of benzene rings is 3. The number of aromatic amines is 1. The Kier molecular flexibility index (Phi) is 6.17. The highest BCUT2D eigenvalue weighted by Crippen LogP contribution is 2.40. The molecule has 0 fully saturated rings. The molecule has 0 unspecified atom stereocenters. The van der Waals surface area contributed by atoms with E-state index in [-0.39, 0.29) is 12.1 Å². The van der Waals surface area contributed by atoms with Gasteiger partial charge in [-0.15, -0.1) is 0 Å². The molecule has 3 aromatic carbocycles. The molecule has 2 amide bonds. The Bertz CT molecular complexity index is 1380. The Balaban J connectivity index is 1.56. The van der Waals surface area contributed by atoms with E-state index in [0.717, 1.165) is 27.9 Å². The average Bonchev–Trinajstić information content (AvgIpc) is 3.26. The Morgan fingerprint density at radius 3 is 2.43 bits per heavy atom. The van der Waals surface area contributed by atoms with Gasteiger partial charge in [0, 0.05) is 34.2 Å². The number of methoxy groups -OCH3 is 3. The molecule has 5 rings (SSSR count). The summed E-state index contributed by atoms with van der Waals surface area (Å²) in [7, 11) is 4.79. The Hall–Kier alpha value is -3.84. The fraction of sp³-hybridized carbons (Fsp3) is 0.222. The van der Waals surface area contributed by atoms with Crippen molar-refractivity contribution in [3.63, 3.8) is 0 Å². The minimum absolute atomic E-state index is 0.225. The van der Waals surface area contributed by atoms with E-state index in [9.17, 15) is 4.79 Å². The number of fused-ring (bicyclic) bond motifs is 3. The average molecular weight is 492 g/mol. The second kappa shape index (κ2) is 9.43. The van der Waals surface area contributed by atoms with Crippen LogP contribution in [0.5, 0.6) is 17.2 Å². The fourth-order valence-electron chi connectivity index (χ4n) is 4.70. The highest BCUT2D eigenvalue weighted by Gasteiger charge is 2.35. The van der Waals surface area contributed by atoms with E-state index in [1.165, 1.54) is 5.56 Å². The minimum atomic E-state index is -0.319. The van der Waals surface area contributed by atoms with Crippen LogP contribution >= 0.6 is 11.6 Å². The first-order chi connectivity index (χ1) is 17.0. The van der Waals surface area contributed by atoms with Crippen molar-refractivity contribution in [3.05, 3.63) is 82.5 Å². The van der Waals surface area contributed by atoms with E-state index in [1.54, 1.807) is 39.5 Å². The van der Waals surface area contributed by atoms with Crippen LogP contribution in [0.2, 0.25) is 5.02 Å². The lowest BCUT2D eigenvalue weighted by Gasteiger charge is -2.36. The van der Waals surface area contributed by atoms with Crippen molar-refractivity contribution >= 4 is 34.2 Å². The van der Waals surface area contributed by atoms with Crippen LogP contribution in [-0.4, -0.2) is 43.8 Å². The number of carbonyl (C=O) groups is 1. The standard InChI is InChI=1S/C27H26ClN3O4/c1-33-18-7-4-16(5-8-18)26-25-20(21-14-17(28)6-10-22(21)29-25)12-13-31(26)27(32)30-23-11-9-19(34-2)15-24(23)35-3/h4-11,14-15,26,29H,12-13H2,1-3H3,(H,30,32)/t26-/m1/s1. The summed E-state index contributed by atoms with van der Waals surface area (Å²) in [6.45, 7) is 0.535. The molecule has 2 heterocycles. The molecule has 0 aliphatic carbocycles. The SMILES string of the molecule is COc1ccc([C@@H]2c3[nH]c4ccc(Cl)cc4c3CCN2C(=O)Nc2ccc(OC)cc2OC)cc1. The van der Waals surface area contributed by atoms with Crippen LogP contribution in [-0.2, 0) is 6.42 Å². The van der Waals surface area contributed by atoms with Gasteiger partial charge in [-0.3, -0.25) is 0 Å². The Morgan fingerprint density at radius 2 is 1.71 bits per heavy atom. The molecule has 1 aromatic heterocycles. The third-order valence-corrected chi connectivity index (χ3v) is 6.67. The van der Waals surface area contributed by atoms with Crippen LogP contribution < -0.4 is 19.5 Å². The number of aromatic nitrogens is 1. The van der Waals surface area contributed by atoms with E-state index in [0.29, 0.717) is 35.2 Å². The zero-order valence-electron chi connectivity index (χ0n) is 19.7. The van der Waals surface area contributed by atoms with Gasteiger partial charge >= 0.3 is 6.03 Å². The number of nitrogens with zero attached hydrogens (tertiary/aromatic N) is 1. The normalized spacial score (nSPS) is 15.0. The maximum atomic E-state index is 13.6. The number of rotatable bonds is 5. The first kappa shape index (κ1) is 22.9. The Morgan fingerprint density at radius 1 is 0.971 bits per heavy atom. The topological polar surface area (TPSA) is 75.8 Å². The van der Waals surface area contributed by atoms with Crippen LogP contribution in [0.25, 0.3) is 10.9 Å². The highest BCUT2D eigenvalue weighted by molar-refractivity contribution is 6.31. The van der Waals surface area contributed by atoms with Crippen molar-refractivity contribution in [2.75, 3.05) is 33.2 Å². The summed E-state index contributed by atoms with van der Waals surface area (Å²) in [5.74, 6) is 1.93. The number of carbonyl (C=O) groups excluding carboxylic acids is 1. The third-order valence-electron chi connectivity index (χ3n) is 6.43. The molecule has 4 aromatic rings. The number of hydrogen-bond donors (Lipinski definition) is 2. The molecule has 1 aliphatic heterocycles. The number of H-pyrrole nitrogens is 1. The molecule has 2 N–H and O–H groups in total. The lowest BCUT2D eigenvalue weighted by Crippen LogP contribution is -2.43. The van der Waals surface area contributed by atoms with Gasteiger partial charge in [0.15, 0.2) is 0 Å². The van der Waals surface area contributed by atoms with Gasteiger partial charge in [0.2, 0.25) is 0 Å². The van der Waals surface area contributed by atoms with Crippen molar-refractivity contribution < 1.29 is 19.0 Å². The van der Waals surface area contributed by atoms with Gasteiger partial charge in [0.1, 0.15) is 17.2 Å². The number of amides is 2. The zero-order valence-corrected chi connectivity index (χ0v) is 20.5. The summed E-state index contributed by atoms with van der Waals surface area (Å²) >= 11 is 6.30. The molecule has 1 atom stereocenters. The van der Waals surface area contributed by atoms with E-state index in [1.807, 2.05) is 47.4 Å². The first-order valence-electron chi connectivity index (χ1n) is 11.3. The van der Waals surface area contributed by atoms with Crippen molar-refractivity contribution in [1.82, 2.24) is 9.88 Å². The summed E-state index contributed by atoms with van der Waals surface area (Å²) in [4.78, 5) is 19.0. The summed E-state index contributed by atoms with van der Waals surface area (Å²) in [6.07, 6.45) is 0.704. The van der Waals surface area contributed by atoms with Crippen molar-refractivity contribution in [2.45, 2.75) is 12.5 Å². The predicted octanol–water partition coefficient (Wildman–Crippen LogP) is 6.03. The van der Waals surface area contributed by atoms with Crippen LogP contribution in [0.1, 0.15) is 22.9 Å². The van der Waals surface area contributed by atoms with Crippen LogP contribution in [0, 0.1) is 0 Å². The molecule has 0 radical (unpaired) electrons. The van der Waals surface area contributed by atoms with Crippen LogP contribution in [0.3, 0.4) is 0 Å². The molecule has 8 heteroatoms. The molecular formula is C27H26ClN3O4. The molecule has 7 nitrogen and oxygen atoms in total. The van der Waals surface area contributed by atoms with Crippen molar-refractivity contribution in [2.24, 2.45) is 0 Å². The van der Waals surface area contributed by atoms with Gasteiger partial charge < -0.3 is 29.4 Å². The number of ether oxygens (including phenoxy) is 3. The number of nitrogens with one attached hydrogen (secondary N) is 2. The smallest absolute Gasteiger partial charge is 0.322 e. The third kappa shape index (κ3) is 4.23. The van der Waals surface area contributed by atoms with Crippen LogP contribution in [0.15, 0.2) is 60.7 Å². The van der Waals surface area contributed by atoms with Gasteiger partial charge in [0.05, 0.1) is 33.1 Å². The van der Waals surface area contributed by atoms with E-state index < -0.39 is 0 Å². The van der Waals surface area contributed by atoms with Crippen molar-refractivity contribution in [3.8, 4) is 17.2 Å². The number of halogens is 1. The monoisotopic (exact) mass is 491 g/mol. The molecule has 0 spiro atoms. The molecule has 0 saturated carbocycles. The molecule has 35 heavy (non-hydrogen) atoms. The number of anilines is 1. The maximum absolute atomic E-state index is 13.6. The highest BCUT2D eigenvalue weighted by atomic mass is 35.5. The summed E-state index contributed by atoms with van der Waals surface area (Å²) in [5, 5.41) is 4.80. The molecular weight excluding hydrogens is 466 g/mol. The molecule has 0 saturated heterocycles. The van der Waals surface area contributed by atoms with Crippen LogP contribution in [0.4, 0.5) is 10.5 Å². The number of urea groups is 1. The molecule has 1 aliphatic rings. The lowest BCUT2D eigenvalue weighted by atomic mass is 9.92. The van der Waals surface area contributed by atoms with Crippen molar-refractivity contribution in [1.29, 1.82) is 0 Å². The van der Waals surface area contributed by atoms with Gasteiger partial charge in [-0.25, -0.2) is 4.79 Å². The van der Waals surface area contributed by atoms with Gasteiger partial charge in [-0.2, -0.15) is 0 Å². The first-order valence-corrected chi connectivity index (χ1v) is 11.6. The predicted molar refractivity (Wildman–Crippen MR) is 137 cm³/mol. The summed E-state index contributed by atoms with van der Waals surface area (Å²) < 4.78 is 16.1. The van der Waals surface area contributed by atoms with E-state index in [4.69, 9.17) is 25.8 Å². The second-order valence-electron chi connectivity index (χ2n) is 8.32. The lowest BCUT2D eigenvalue weighted by molar-refractivity contribution is 0.193. The zero-order chi connectivity index (χ0) is 24.5. The quantitative estimate of drug-likeness (QED) is 0.357. The molecule has 0 bridgehead atoms. The number of hydrogen-bond acceptors (Lipinski definition) is 4. The fourth-order valence-corrected chi connectivity index (χ4v) is 4.87. The Labute approximate surface area is 208 Å². The van der Waals surface area contributed by atoms with Gasteiger partial charge in [-0.05, 0) is 60.0 Å². The summed E-state index contributed by atoms with van der Waals surface area (Å²) in [5.41, 5.74) is 4.70. The largest absolute Gasteiger partial charge is 0.497 e. The minimum Gasteiger partial charge on any atom is -0.497 e. The van der Waals surface area contributed by atoms with E-state index in [2.05, 4.69) is 10.3 Å². The maximum Gasteiger partial charge on any atom is 0.322 e. The molecule has 180 valence electrons. The second-order valence-corrected chi connectivity index (χ2v) is 8.76. The van der Waals surface area contributed by atoms with Gasteiger partial charge in [-0.1, -0.05) is 23.7 Å². The summed E-state index contributed by atoms with van der Waals surface area (Å²) in [6, 6.07) is 18.4.